The van der Waals surface area contributed by atoms with Crippen LogP contribution in [0.25, 0.3) is 0 Å². The van der Waals surface area contributed by atoms with Crippen LogP contribution in [0.4, 0.5) is 11.7 Å². The number of anilines is 2. The summed E-state index contributed by atoms with van der Waals surface area (Å²) in [5.41, 5.74) is 4.61. The third-order valence-electron chi connectivity index (χ3n) is 4.55. The lowest BCUT2D eigenvalue weighted by molar-refractivity contribution is 0.164. The highest BCUT2D eigenvalue weighted by Gasteiger charge is 2.18. The quantitative estimate of drug-likeness (QED) is 0.755. The van der Waals surface area contributed by atoms with E-state index in [0.717, 1.165) is 31.9 Å². The van der Waals surface area contributed by atoms with Crippen molar-refractivity contribution in [1.29, 1.82) is 0 Å². The van der Waals surface area contributed by atoms with E-state index >= 15 is 0 Å². The van der Waals surface area contributed by atoms with Gasteiger partial charge in [-0.15, -0.1) is 5.10 Å². The van der Waals surface area contributed by atoms with Gasteiger partial charge in [0, 0.05) is 37.9 Å². The van der Waals surface area contributed by atoms with E-state index < -0.39 is 6.10 Å². The largest absolute Gasteiger partial charge is 0.405 e. The highest BCUT2D eigenvalue weighted by Crippen LogP contribution is 2.26. The molecule has 0 spiro atoms. The third-order valence-corrected chi connectivity index (χ3v) is 4.55. The van der Waals surface area contributed by atoms with Gasteiger partial charge in [0.25, 0.3) is 0 Å². The molecule has 1 saturated heterocycles. The molecule has 0 amide bonds. The average Bonchev–Trinajstić information content (AvgIpc) is 3.01. The third kappa shape index (κ3) is 4.81. The van der Waals surface area contributed by atoms with Crippen molar-refractivity contribution in [2.45, 2.75) is 53.8 Å². The molecule has 7 heteroatoms. The lowest BCUT2D eigenvalue weighted by Crippen LogP contribution is -2.48. The molecule has 144 valence electrons. The van der Waals surface area contributed by atoms with E-state index in [1.165, 1.54) is 16.7 Å². The Labute approximate surface area is 155 Å². The lowest BCUT2D eigenvalue weighted by Gasteiger charge is -2.32. The first-order valence-electron chi connectivity index (χ1n) is 8.76. The number of aryl methyl sites for hydroxylation is 1. The number of benzene rings is 1. The van der Waals surface area contributed by atoms with Crippen LogP contribution in [0.15, 0.2) is 16.5 Å². The Balaban J connectivity index is 0.00000243. The Bertz CT molecular complexity index is 729. The van der Waals surface area contributed by atoms with Crippen LogP contribution in [0.3, 0.4) is 0 Å². The Morgan fingerprint density at radius 3 is 2.81 bits per heavy atom. The number of piperazine rings is 1. The van der Waals surface area contributed by atoms with Gasteiger partial charge in [-0.05, 0) is 50.5 Å². The molecule has 2 aromatic rings. The maximum atomic E-state index is 9.51. The fourth-order valence-corrected chi connectivity index (χ4v) is 3.19. The first kappa shape index (κ1) is 20.4. The number of rotatable bonds is 5. The summed E-state index contributed by atoms with van der Waals surface area (Å²) in [6.45, 7) is 12.1. The zero-order valence-electron chi connectivity index (χ0n) is 15.3. The fraction of sp³-hybridized carbons (Fsp3) is 0.579. The monoisotopic (exact) mass is 361 g/mol. The van der Waals surface area contributed by atoms with Crippen molar-refractivity contribution in [3.05, 3.63) is 34.7 Å². The van der Waals surface area contributed by atoms with Crippen LogP contribution in [-0.2, 0) is 6.54 Å². The number of nitrogens with one attached hydrogen (secondary N) is 2. The second-order valence-corrected chi connectivity index (χ2v) is 6.93. The molecule has 26 heavy (non-hydrogen) atoms. The van der Waals surface area contributed by atoms with E-state index in [-0.39, 0.29) is 13.3 Å². The molecule has 3 rings (SSSR count). The molecular weight excluding hydrogens is 330 g/mol. The van der Waals surface area contributed by atoms with Crippen LogP contribution in [0.5, 0.6) is 0 Å². The Kier molecular flexibility index (Phi) is 6.75. The summed E-state index contributed by atoms with van der Waals surface area (Å²) in [5, 5.41) is 24.0. The molecule has 0 bridgehead atoms. The van der Waals surface area contributed by atoms with Crippen LogP contribution >= 0.6 is 0 Å². The molecule has 2 atom stereocenters. The van der Waals surface area contributed by atoms with Crippen LogP contribution in [0.2, 0.25) is 0 Å². The van der Waals surface area contributed by atoms with Crippen molar-refractivity contribution in [2.24, 2.45) is 0 Å². The van der Waals surface area contributed by atoms with Crippen LogP contribution in [0, 0.1) is 13.8 Å². The molecule has 0 radical (unpaired) electrons. The highest BCUT2D eigenvalue weighted by atomic mass is 16.4. The maximum Gasteiger partial charge on any atom is 0.320 e. The zero-order chi connectivity index (χ0) is 18.0. The van der Waals surface area contributed by atoms with Gasteiger partial charge < -0.3 is 20.2 Å². The minimum Gasteiger partial charge on any atom is -0.405 e. The van der Waals surface area contributed by atoms with Crippen molar-refractivity contribution in [2.75, 3.05) is 25.0 Å². The summed E-state index contributed by atoms with van der Waals surface area (Å²) >= 11 is 0. The predicted molar refractivity (Wildman–Crippen MR) is 104 cm³/mol. The number of aliphatic hydroxyl groups excluding tert-OH is 1. The van der Waals surface area contributed by atoms with Gasteiger partial charge in [-0.2, -0.15) is 0 Å². The number of aliphatic hydroxyl groups is 1. The van der Waals surface area contributed by atoms with Crippen molar-refractivity contribution in [3.63, 3.8) is 0 Å². The van der Waals surface area contributed by atoms with E-state index in [1.807, 2.05) is 0 Å². The van der Waals surface area contributed by atoms with Gasteiger partial charge in [-0.3, -0.25) is 4.90 Å². The first-order valence-corrected chi connectivity index (χ1v) is 8.76. The van der Waals surface area contributed by atoms with E-state index in [2.05, 4.69) is 58.6 Å². The van der Waals surface area contributed by atoms with Crippen LogP contribution in [-0.4, -0.2) is 45.9 Å². The predicted octanol–water partition coefficient (Wildman–Crippen LogP) is 2.91. The Morgan fingerprint density at radius 1 is 1.38 bits per heavy atom. The van der Waals surface area contributed by atoms with Gasteiger partial charge in [-0.1, -0.05) is 18.6 Å². The lowest BCUT2D eigenvalue weighted by atomic mass is 10.0. The number of aromatic nitrogens is 2. The first-order chi connectivity index (χ1) is 11.9. The van der Waals surface area contributed by atoms with Crippen molar-refractivity contribution in [3.8, 4) is 0 Å². The minimum atomic E-state index is -0.771. The maximum absolute atomic E-state index is 9.51. The fourth-order valence-electron chi connectivity index (χ4n) is 3.19. The van der Waals surface area contributed by atoms with Crippen molar-refractivity contribution < 1.29 is 9.52 Å². The van der Waals surface area contributed by atoms with E-state index in [9.17, 15) is 5.11 Å². The molecule has 1 aliphatic heterocycles. The Morgan fingerprint density at radius 2 is 2.15 bits per heavy atom. The zero-order valence-corrected chi connectivity index (χ0v) is 15.3. The average molecular weight is 361 g/mol. The standard InChI is InChI=1S/C18H27N5O2.CH4/c1-11-7-15(10-23-6-5-19-12(2)9-23)13(3)16(8-11)20-18-22-21-17(25-18)14(4)24;/h7-8,12,14,19,24H,5-6,9-10H2,1-4H3,(H,20,22);1H4/t12-,14-;/m0./s1. The Hall–Kier alpha value is -1.96. The van der Waals surface area contributed by atoms with Crippen molar-refractivity contribution in [1.82, 2.24) is 20.4 Å². The van der Waals surface area contributed by atoms with Gasteiger partial charge in [0.2, 0.25) is 5.89 Å². The molecule has 0 aliphatic carbocycles. The molecule has 0 saturated carbocycles. The van der Waals surface area contributed by atoms with E-state index in [0.29, 0.717) is 12.1 Å². The summed E-state index contributed by atoms with van der Waals surface area (Å²) in [4.78, 5) is 2.48. The summed E-state index contributed by atoms with van der Waals surface area (Å²) < 4.78 is 5.45. The molecule has 1 aliphatic rings. The topological polar surface area (TPSA) is 86.5 Å². The normalized spacial score (nSPS) is 19.0. The summed E-state index contributed by atoms with van der Waals surface area (Å²) in [7, 11) is 0. The second-order valence-electron chi connectivity index (χ2n) is 6.93. The summed E-state index contributed by atoms with van der Waals surface area (Å²) in [6.07, 6.45) is -0.771. The molecule has 1 aromatic carbocycles. The minimum absolute atomic E-state index is 0. The van der Waals surface area contributed by atoms with E-state index in [1.54, 1.807) is 6.92 Å². The van der Waals surface area contributed by atoms with Gasteiger partial charge in [0.15, 0.2) is 0 Å². The molecule has 7 nitrogen and oxygen atoms in total. The van der Waals surface area contributed by atoms with Gasteiger partial charge in [0.05, 0.1) is 0 Å². The molecular formula is C19H31N5O2. The SMILES string of the molecule is C.Cc1cc(CN2CCN[C@@H](C)C2)c(C)c(Nc2nnc([C@H](C)O)o2)c1. The van der Waals surface area contributed by atoms with Gasteiger partial charge >= 0.3 is 6.01 Å². The van der Waals surface area contributed by atoms with Gasteiger partial charge in [0.1, 0.15) is 6.10 Å². The summed E-state index contributed by atoms with van der Waals surface area (Å²) in [5.74, 6) is 0.211. The molecule has 3 N–H and O–H groups in total. The highest BCUT2D eigenvalue weighted by molar-refractivity contribution is 5.61. The van der Waals surface area contributed by atoms with Gasteiger partial charge in [-0.25, -0.2) is 0 Å². The molecule has 1 fully saturated rings. The van der Waals surface area contributed by atoms with Crippen LogP contribution in [0.1, 0.15) is 50.0 Å². The number of nitrogens with zero attached hydrogens (tertiary/aromatic N) is 3. The summed E-state index contributed by atoms with van der Waals surface area (Å²) in [6, 6.07) is 5.13. The van der Waals surface area contributed by atoms with E-state index in [4.69, 9.17) is 4.42 Å². The molecule has 1 aromatic heterocycles. The number of hydrogen-bond acceptors (Lipinski definition) is 7. The second kappa shape index (κ2) is 8.62. The molecule has 2 heterocycles. The molecule has 0 unspecified atom stereocenters. The van der Waals surface area contributed by atoms with Crippen LogP contribution < -0.4 is 10.6 Å². The van der Waals surface area contributed by atoms with Crippen molar-refractivity contribution >= 4 is 11.7 Å². The number of hydrogen-bond donors (Lipinski definition) is 3. The smallest absolute Gasteiger partial charge is 0.320 e.